The van der Waals surface area contributed by atoms with Crippen molar-refractivity contribution in [1.29, 1.82) is 0 Å². The van der Waals surface area contributed by atoms with Crippen molar-refractivity contribution in [3.05, 3.63) is 46.8 Å². The third kappa shape index (κ3) is 2.66. The van der Waals surface area contributed by atoms with Crippen molar-refractivity contribution in [2.75, 3.05) is 14.2 Å². The highest BCUT2D eigenvalue weighted by atomic mass is 16.5. The first-order valence-corrected chi connectivity index (χ1v) is 6.43. The minimum Gasteiger partial charge on any atom is -0.496 e. The van der Waals surface area contributed by atoms with Gasteiger partial charge in [0, 0.05) is 24.8 Å². The maximum Gasteiger partial charge on any atom is 0.257 e. The smallest absolute Gasteiger partial charge is 0.257 e. The fraction of sp³-hybridized carbons (Fsp3) is 0.333. The Balaban J connectivity index is 2.20. The molecule has 1 aromatic carbocycles. The number of benzene rings is 1. The molecule has 106 valence electrons. The largest absolute Gasteiger partial charge is 0.496 e. The van der Waals surface area contributed by atoms with Crippen molar-refractivity contribution in [3.63, 3.8) is 0 Å². The quantitative estimate of drug-likeness (QED) is 0.930. The molecule has 0 unspecified atom stereocenters. The molecule has 0 aliphatic rings. The van der Waals surface area contributed by atoms with Gasteiger partial charge < -0.3 is 9.64 Å². The van der Waals surface area contributed by atoms with E-state index in [1.54, 1.807) is 19.1 Å². The SMILES string of the molecule is COc1ccccc1CN(C)C(=O)c1c(C)n[nH]c1C. The number of amides is 1. The number of hydrogen-bond acceptors (Lipinski definition) is 3. The number of aromatic nitrogens is 2. The Kier molecular flexibility index (Phi) is 4.08. The van der Waals surface area contributed by atoms with Gasteiger partial charge in [-0.3, -0.25) is 9.89 Å². The number of carbonyl (C=O) groups excluding carboxylic acids is 1. The molecule has 1 heterocycles. The lowest BCUT2D eigenvalue weighted by molar-refractivity contribution is 0.0783. The Morgan fingerprint density at radius 3 is 2.65 bits per heavy atom. The van der Waals surface area contributed by atoms with Crippen molar-refractivity contribution < 1.29 is 9.53 Å². The fourth-order valence-corrected chi connectivity index (χ4v) is 2.22. The predicted octanol–water partition coefficient (Wildman–Crippen LogP) is 2.31. The van der Waals surface area contributed by atoms with E-state index < -0.39 is 0 Å². The normalized spacial score (nSPS) is 10.4. The lowest BCUT2D eigenvalue weighted by Crippen LogP contribution is -2.27. The maximum atomic E-state index is 12.5. The molecular weight excluding hydrogens is 254 g/mol. The van der Waals surface area contributed by atoms with Crippen LogP contribution < -0.4 is 4.74 Å². The first kappa shape index (κ1) is 14.1. The van der Waals surface area contributed by atoms with Crippen LogP contribution in [0.5, 0.6) is 5.75 Å². The van der Waals surface area contributed by atoms with E-state index in [1.165, 1.54) is 0 Å². The topological polar surface area (TPSA) is 58.2 Å². The van der Waals surface area contributed by atoms with Crippen molar-refractivity contribution in [2.45, 2.75) is 20.4 Å². The molecule has 0 saturated heterocycles. The number of ether oxygens (including phenoxy) is 1. The van der Waals surface area contributed by atoms with Gasteiger partial charge in [0.05, 0.1) is 18.4 Å². The lowest BCUT2D eigenvalue weighted by Gasteiger charge is -2.19. The minimum absolute atomic E-state index is 0.0420. The van der Waals surface area contributed by atoms with Crippen molar-refractivity contribution in [3.8, 4) is 5.75 Å². The van der Waals surface area contributed by atoms with E-state index in [4.69, 9.17) is 4.74 Å². The van der Waals surface area contributed by atoms with Gasteiger partial charge in [-0.25, -0.2) is 0 Å². The molecule has 1 amide bonds. The summed E-state index contributed by atoms with van der Waals surface area (Å²) < 4.78 is 5.31. The van der Waals surface area contributed by atoms with E-state index in [2.05, 4.69) is 10.2 Å². The van der Waals surface area contributed by atoms with Crippen LogP contribution in [0.25, 0.3) is 0 Å². The van der Waals surface area contributed by atoms with Gasteiger partial charge >= 0.3 is 0 Å². The van der Waals surface area contributed by atoms with Gasteiger partial charge in [0.1, 0.15) is 5.75 Å². The van der Waals surface area contributed by atoms with Crippen molar-refractivity contribution >= 4 is 5.91 Å². The van der Waals surface area contributed by atoms with E-state index in [9.17, 15) is 4.79 Å². The van der Waals surface area contributed by atoms with Crippen LogP contribution in [-0.4, -0.2) is 35.2 Å². The zero-order valence-electron chi connectivity index (χ0n) is 12.2. The van der Waals surface area contributed by atoms with Crippen LogP contribution in [0.3, 0.4) is 0 Å². The van der Waals surface area contributed by atoms with Crippen LogP contribution in [0.2, 0.25) is 0 Å². The maximum absolute atomic E-state index is 12.5. The minimum atomic E-state index is -0.0420. The zero-order chi connectivity index (χ0) is 14.7. The van der Waals surface area contributed by atoms with Gasteiger partial charge in [0.25, 0.3) is 5.91 Å². The molecule has 20 heavy (non-hydrogen) atoms. The zero-order valence-corrected chi connectivity index (χ0v) is 12.2. The molecule has 0 radical (unpaired) electrons. The Morgan fingerprint density at radius 2 is 2.05 bits per heavy atom. The number of carbonyl (C=O) groups is 1. The van der Waals surface area contributed by atoms with Gasteiger partial charge in [0.15, 0.2) is 0 Å². The second-order valence-electron chi connectivity index (χ2n) is 4.78. The molecule has 5 heteroatoms. The summed E-state index contributed by atoms with van der Waals surface area (Å²) in [4.78, 5) is 14.1. The average molecular weight is 273 g/mol. The van der Waals surface area contributed by atoms with E-state index in [-0.39, 0.29) is 5.91 Å². The van der Waals surface area contributed by atoms with Gasteiger partial charge in [-0.2, -0.15) is 5.10 Å². The van der Waals surface area contributed by atoms with Crippen molar-refractivity contribution in [1.82, 2.24) is 15.1 Å². The third-order valence-corrected chi connectivity index (χ3v) is 3.29. The number of aromatic amines is 1. The Hall–Kier alpha value is -2.30. The van der Waals surface area contributed by atoms with Gasteiger partial charge in [0.2, 0.25) is 0 Å². The highest BCUT2D eigenvalue weighted by Gasteiger charge is 2.19. The summed E-state index contributed by atoms with van der Waals surface area (Å²) in [5.74, 6) is 0.743. The van der Waals surface area contributed by atoms with E-state index in [0.29, 0.717) is 12.1 Å². The molecule has 0 bridgehead atoms. The highest BCUT2D eigenvalue weighted by molar-refractivity contribution is 5.96. The summed E-state index contributed by atoms with van der Waals surface area (Å²) in [7, 11) is 3.41. The Morgan fingerprint density at radius 1 is 1.35 bits per heavy atom. The molecule has 5 nitrogen and oxygen atoms in total. The van der Waals surface area contributed by atoms with Crippen molar-refractivity contribution in [2.24, 2.45) is 0 Å². The monoisotopic (exact) mass is 273 g/mol. The molecule has 2 rings (SSSR count). The second-order valence-corrected chi connectivity index (χ2v) is 4.78. The van der Waals surface area contributed by atoms with Crippen LogP contribution in [0.1, 0.15) is 27.3 Å². The summed E-state index contributed by atoms with van der Waals surface area (Å²) in [6.07, 6.45) is 0. The average Bonchev–Trinajstić information content (AvgIpc) is 2.78. The molecule has 0 aliphatic carbocycles. The number of aryl methyl sites for hydroxylation is 2. The van der Waals surface area contributed by atoms with Crippen LogP contribution in [-0.2, 0) is 6.54 Å². The number of H-pyrrole nitrogens is 1. The van der Waals surface area contributed by atoms with Crippen LogP contribution in [0.15, 0.2) is 24.3 Å². The summed E-state index contributed by atoms with van der Waals surface area (Å²) >= 11 is 0. The fourth-order valence-electron chi connectivity index (χ4n) is 2.22. The van der Waals surface area contributed by atoms with Gasteiger partial charge in [-0.05, 0) is 19.9 Å². The molecule has 0 fully saturated rings. The number of rotatable bonds is 4. The van der Waals surface area contributed by atoms with E-state index in [1.807, 2.05) is 38.1 Å². The first-order valence-electron chi connectivity index (χ1n) is 6.43. The van der Waals surface area contributed by atoms with Crippen LogP contribution in [0, 0.1) is 13.8 Å². The standard InChI is InChI=1S/C15H19N3O2/c1-10-14(11(2)17-16-10)15(19)18(3)9-12-7-5-6-8-13(12)20-4/h5-8H,9H2,1-4H3,(H,16,17). The summed E-state index contributed by atoms with van der Waals surface area (Å²) in [5.41, 5.74) is 3.13. The van der Waals surface area contributed by atoms with Gasteiger partial charge in [-0.15, -0.1) is 0 Å². The van der Waals surface area contributed by atoms with E-state index in [0.717, 1.165) is 22.7 Å². The molecule has 1 aromatic heterocycles. The molecule has 2 aromatic rings. The van der Waals surface area contributed by atoms with E-state index >= 15 is 0 Å². The number of methoxy groups -OCH3 is 1. The Labute approximate surface area is 118 Å². The summed E-state index contributed by atoms with van der Waals surface area (Å²) in [6, 6.07) is 7.69. The molecule has 0 saturated carbocycles. The van der Waals surface area contributed by atoms with Crippen LogP contribution >= 0.6 is 0 Å². The number of nitrogens with one attached hydrogen (secondary N) is 1. The number of para-hydroxylation sites is 1. The van der Waals surface area contributed by atoms with Gasteiger partial charge in [-0.1, -0.05) is 18.2 Å². The third-order valence-electron chi connectivity index (χ3n) is 3.29. The number of hydrogen-bond donors (Lipinski definition) is 1. The molecule has 0 aliphatic heterocycles. The molecular formula is C15H19N3O2. The molecule has 0 atom stereocenters. The summed E-state index contributed by atoms with van der Waals surface area (Å²) in [6.45, 7) is 4.17. The Bertz CT molecular complexity index is 600. The molecule has 1 N–H and O–H groups in total. The second kappa shape index (κ2) is 5.77. The predicted molar refractivity (Wildman–Crippen MR) is 76.9 cm³/mol. The number of nitrogens with zero attached hydrogens (tertiary/aromatic N) is 2. The highest BCUT2D eigenvalue weighted by Crippen LogP contribution is 2.20. The van der Waals surface area contributed by atoms with Crippen LogP contribution in [0.4, 0.5) is 0 Å². The molecule has 0 spiro atoms. The lowest BCUT2D eigenvalue weighted by atomic mass is 10.1. The summed E-state index contributed by atoms with van der Waals surface area (Å²) in [5, 5.41) is 6.90. The first-order chi connectivity index (χ1) is 9.54.